The Morgan fingerprint density at radius 1 is 1.05 bits per heavy atom. The maximum absolute atomic E-state index is 10.5. The second kappa shape index (κ2) is 10.5. The van der Waals surface area contributed by atoms with E-state index >= 15 is 0 Å². The average molecular weight is 335 g/mol. The zero-order chi connectivity index (χ0) is 16.2. The van der Waals surface area contributed by atoms with Crippen LogP contribution < -0.4 is 11.2 Å². The van der Waals surface area contributed by atoms with Crippen LogP contribution in [0.5, 0.6) is 0 Å². The molecule has 0 saturated heterocycles. The van der Waals surface area contributed by atoms with Crippen molar-refractivity contribution in [1.82, 2.24) is 5.43 Å². The lowest BCUT2D eigenvalue weighted by molar-refractivity contribution is 0.249. The number of urea groups is 1. The SMILES string of the molecule is CS(=O)(=O)OCCCCOS(C)(=O)=O.NC(=O)NN=O. The number of nitroso groups, excluding NO2 is 1. The fraction of sp³-hybridized carbons (Fsp3) is 0.857. The number of nitrogens with zero attached hydrogens (tertiary/aromatic N) is 1. The first kappa shape index (κ1) is 21.0. The monoisotopic (exact) mass is 335 g/mol. The van der Waals surface area contributed by atoms with Crippen molar-refractivity contribution < 1.29 is 30.0 Å². The van der Waals surface area contributed by atoms with Gasteiger partial charge in [0.2, 0.25) is 0 Å². The molecule has 20 heavy (non-hydrogen) atoms. The van der Waals surface area contributed by atoms with Crippen molar-refractivity contribution in [1.29, 1.82) is 0 Å². The highest BCUT2D eigenvalue weighted by Crippen LogP contribution is 1.96. The summed E-state index contributed by atoms with van der Waals surface area (Å²) in [6, 6.07) is -0.940. The molecule has 0 unspecified atom stereocenters. The van der Waals surface area contributed by atoms with Crippen LogP contribution in [0.25, 0.3) is 0 Å². The molecule has 0 fully saturated rings. The third-order valence-electron chi connectivity index (χ3n) is 1.29. The van der Waals surface area contributed by atoms with Gasteiger partial charge in [0, 0.05) is 0 Å². The summed E-state index contributed by atoms with van der Waals surface area (Å²) in [6.07, 6.45) is 2.78. The molecular weight excluding hydrogens is 318 g/mol. The average Bonchev–Trinajstić information content (AvgIpc) is 2.21. The van der Waals surface area contributed by atoms with E-state index in [0.717, 1.165) is 12.5 Å². The lowest BCUT2D eigenvalue weighted by Gasteiger charge is -2.01. The van der Waals surface area contributed by atoms with E-state index in [9.17, 15) is 21.6 Å². The van der Waals surface area contributed by atoms with Crippen molar-refractivity contribution in [3.05, 3.63) is 4.91 Å². The fourth-order valence-corrected chi connectivity index (χ4v) is 1.51. The van der Waals surface area contributed by atoms with Crippen LogP contribution in [0, 0.1) is 4.91 Å². The number of carbonyl (C=O) groups is 1. The molecule has 13 heteroatoms. The summed E-state index contributed by atoms with van der Waals surface area (Å²) in [5.74, 6) is 0. The first-order valence-corrected chi connectivity index (χ1v) is 8.68. The van der Waals surface area contributed by atoms with Gasteiger partial charge in [-0.1, -0.05) is 0 Å². The van der Waals surface area contributed by atoms with Gasteiger partial charge in [0.15, 0.2) is 0 Å². The Balaban J connectivity index is 0. The molecule has 120 valence electrons. The minimum absolute atomic E-state index is 0.0476. The van der Waals surface area contributed by atoms with E-state index in [-0.39, 0.29) is 13.2 Å². The van der Waals surface area contributed by atoms with Crippen LogP contribution in [-0.4, -0.2) is 48.6 Å². The molecule has 0 aromatic heterocycles. The zero-order valence-electron chi connectivity index (χ0n) is 10.9. The van der Waals surface area contributed by atoms with Gasteiger partial charge in [-0.25, -0.2) is 4.79 Å². The molecule has 0 aliphatic heterocycles. The molecule has 0 aliphatic rings. The highest BCUT2D eigenvalue weighted by Gasteiger charge is 2.02. The van der Waals surface area contributed by atoms with Gasteiger partial charge in [0.1, 0.15) is 0 Å². The van der Waals surface area contributed by atoms with Crippen LogP contribution in [-0.2, 0) is 28.6 Å². The molecule has 0 spiro atoms. The molecular formula is C7H17N3O8S2. The van der Waals surface area contributed by atoms with Crippen LogP contribution in [0.15, 0.2) is 5.29 Å². The molecule has 0 radical (unpaired) electrons. The first-order chi connectivity index (χ1) is 8.98. The van der Waals surface area contributed by atoms with Gasteiger partial charge in [-0.3, -0.25) is 8.37 Å². The van der Waals surface area contributed by atoms with E-state index in [2.05, 4.69) is 14.1 Å². The summed E-state index contributed by atoms with van der Waals surface area (Å²) < 4.78 is 50.8. The molecule has 0 aromatic carbocycles. The Morgan fingerprint density at radius 2 is 1.40 bits per heavy atom. The van der Waals surface area contributed by atoms with E-state index in [1.54, 1.807) is 0 Å². The predicted molar refractivity (Wildman–Crippen MR) is 69.3 cm³/mol. The van der Waals surface area contributed by atoms with Crippen LogP contribution in [0.2, 0.25) is 0 Å². The van der Waals surface area contributed by atoms with Crippen molar-refractivity contribution in [2.24, 2.45) is 11.0 Å². The van der Waals surface area contributed by atoms with Crippen LogP contribution in [0.4, 0.5) is 4.79 Å². The Morgan fingerprint density at radius 3 is 1.55 bits per heavy atom. The van der Waals surface area contributed by atoms with Crippen molar-refractivity contribution in [2.45, 2.75) is 12.8 Å². The Bertz CT molecular complexity index is 450. The van der Waals surface area contributed by atoms with Crippen LogP contribution in [0.1, 0.15) is 12.8 Å². The van der Waals surface area contributed by atoms with Gasteiger partial charge < -0.3 is 5.73 Å². The van der Waals surface area contributed by atoms with Gasteiger partial charge in [0.05, 0.1) is 31.0 Å². The van der Waals surface area contributed by atoms with Crippen molar-refractivity contribution in [2.75, 3.05) is 25.7 Å². The molecule has 0 bridgehead atoms. The third kappa shape index (κ3) is 25.5. The lowest BCUT2D eigenvalue weighted by Crippen LogP contribution is -2.23. The Labute approximate surface area is 117 Å². The van der Waals surface area contributed by atoms with E-state index in [1.165, 1.54) is 5.43 Å². The van der Waals surface area contributed by atoms with Gasteiger partial charge in [-0.05, 0) is 12.8 Å². The summed E-state index contributed by atoms with van der Waals surface area (Å²) in [6.45, 7) is 0.0951. The third-order valence-corrected chi connectivity index (χ3v) is 2.48. The first-order valence-electron chi connectivity index (χ1n) is 5.04. The highest BCUT2D eigenvalue weighted by molar-refractivity contribution is 7.86. The normalized spacial score (nSPS) is 11.1. The molecule has 0 aliphatic carbocycles. The predicted octanol–water partition coefficient (Wildman–Crippen LogP) is -0.945. The van der Waals surface area contributed by atoms with Crippen LogP contribution in [0.3, 0.4) is 0 Å². The van der Waals surface area contributed by atoms with Crippen molar-refractivity contribution >= 4 is 26.3 Å². The number of unbranched alkanes of at least 4 members (excludes halogenated alkanes) is 1. The molecule has 0 saturated carbocycles. The number of primary amides is 1. The number of amides is 2. The van der Waals surface area contributed by atoms with Gasteiger partial charge in [-0.15, -0.1) is 4.91 Å². The topological polar surface area (TPSA) is 171 Å². The summed E-state index contributed by atoms with van der Waals surface area (Å²) in [7, 11) is -6.80. The minimum atomic E-state index is -3.40. The Kier molecular flexibility index (Phi) is 11.0. The fourth-order valence-electron chi connectivity index (χ4n) is 0.670. The number of hydrogen-bond acceptors (Lipinski definition) is 9. The molecule has 3 N–H and O–H groups in total. The van der Waals surface area contributed by atoms with E-state index in [4.69, 9.17) is 4.91 Å². The van der Waals surface area contributed by atoms with Gasteiger partial charge in [-0.2, -0.15) is 22.3 Å². The molecule has 2 amide bonds. The largest absolute Gasteiger partial charge is 0.350 e. The van der Waals surface area contributed by atoms with E-state index in [1.807, 2.05) is 5.29 Å². The number of nitrogens with one attached hydrogen (secondary N) is 1. The smallest absolute Gasteiger partial charge is 0.335 e. The summed E-state index contributed by atoms with van der Waals surface area (Å²) in [4.78, 5) is 18.4. The van der Waals surface area contributed by atoms with Gasteiger partial charge in [0.25, 0.3) is 20.2 Å². The lowest BCUT2D eigenvalue weighted by atomic mass is 10.3. The number of nitrogens with two attached hydrogens (primary N) is 1. The van der Waals surface area contributed by atoms with Crippen molar-refractivity contribution in [3.63, 3.8) is 0 Å². The molecule has 0 aromatic rings. The van der Waals surface area contributed by atoms with E-state index < -0.39 is 26.3 Å². The molecule has 0 heterocycles. The second-order valence-corrected chi connectivity index (χ2v) is 6.61. The molecule has 0 atom stereocenters. The van der Waals surface area contributed by atoms with Gasteiger partial charge >= 0.3 is 6.03 Å². The zero-order valence-corrected chi connectivity index (χ0v) is 12.6. The molecule has 0 rings (SSSR count). The second-order valence-electron chi connectivity index (χ2n) is 3.33. The maximum Gasteiger partial charge on any atom is 0.335 e. The Hall–Kier alpha value is -1.31. The highest BCUT2D eigenvalue weighted by atomic mass is 32.2. The minimum Gasteiger partial charge on any atom is -0.350 e. The summed E-state index contributed by atoms with van der Waals surface area (Å²) >= 11 is 0. The number of carbonyl (C=O) groups excluding carboxylic acids is 1. The number of hydrogen-bond donors (Lipinski definition) is 2. The molecule has 11 nitrogen and oxygen atoms in total. The summed E-state index contributed by atoms with van der Waals surface area (Å²) in [5.41, 5.74) is 5.78. The maximum atomic E-state index is 10.5. The van der Waals surface area contributed by atoms with Crippen LogP contribution >= 0.6 is 0 Å². The standard InChI is InChI=1S/C6H14O6S2.CH3N3O2/c1-13(7,8)11-5-3-4-6-12-14(2,9)10;2-1(5)3-4-6/h3-6H2,1-2H3;(H3,2,3,5,6). The van der Waals surface area contributed by atoms with Crippen molar-refractivity contribution in [3.8, 4) is 0 Å². The summed E-state index contributed by atoms with van der Waals surface area (Å²) in [5, 5.41) is 1.96. The quantitative estimate of drug-likeness (QED) is 0.247. The number of rotatable bonds is 8. The van der Waals surface area contributed by atoms with E-state index in [0.29, 0.717) is 12.8 Å².